The van der Waals surface area contributed by atoms with Crippen molar-refractivity contribution >= 4 is 32.5 Å². The van der Waals surface area contributed by atoms with Crippen molar-refractivity contribution in [2.75, 3.05) is 57.0 Å². The number of nitrogens with zero attached hydrogens (tertiary/aromatic N) is 5. The van der Waals surface area contributed by atoms with Crippen molar-refractivity contribution in [3.05, 3.63) is 11.6 Å². The molecule has 2 rings (SSSR count). The van der Waals surface area contributed by atoms with Crippen LogP contribution < -0.4 is 10.6 Å². The van der Waals surface area contributed by atoms with Crippen LogP contribution in [0, 0.1) is 0 Å². The van der Waals surface area contributed by atoms with Crippen LogP contribution in [-0.2, 0) is 10.0 Å². The van der Waals surface area contributed by atoms with Gasteiger partial charge in [-0.1, -0.05) is 6.92 Å². The van der Waals surface area contributed by atoms with E-state index >= 15 is 0 Å². The molecule has 1 fully saturated rings. The lowest BCUT2D eigenvalue weighted by atomic mass is 10.3. The molecule has 1 aromatic rings. The molecule has 0 amide bonds. The van der Waals surface area contributed by atoms with Gasteiger partial charge in [-0.05, 0) is 6.42 Å². The Kier molecular flexibility index (Phi) is 6.81. The molecule has 0 atom stereocenters. The van der Waals surface area contributed by atoms with Crippen LogP contribution in [0.4, 0.5) is 5.13 Å². The second-order valence-corrected chi connectivity index (χ2v) is 8.49. The number of thiazole rings is 1. The third-order valence-corrected chi connectivity index (χ3v) is 6.17. The number of guanidine groups is 1. The molecule has 1 aliphatic heterocycles. The summed E-state index contributed by atoms with van der Waals surface area (Å²) in [6.07, 6.45) is 3.72. The van der Waals surface area contributed by atoms with Gasteiger partial charge in [0.25, 0.3) is 0 Å². The zero-order valence-electron chi connectivity index (χ0n) is 14.3. The molecule has 1 aromatic heterocycles. The predicted octanol–water partition coefficient (Wildman–Crippen LogP) is 0.251. The first-order chi connectivity index (χ1) is 11.4. The Morgan fingerprint density at radius 1 is 1.42 bits per heavy atom. The van der Waals surface area contributed by atoms with E-state index in [2.05, 4.69) is 19.8 Å². The molecule has 0 saturated carbocycles. The summed E-state index contributed by atoms with van der Waals surface area (Å²) in [5.74, 6) is 0.538. The highest BCUT2D eigenvalue weighted by Gasteiger charge is 2.19. The van der Waals surface area contributed by atoms with Gasteiger partial charge in [-0.2, -0.15) is 0 Å². The summed E-state index contributed by atoms with van der Waals surface area (Å²) in [5, 5.41) is 3.03. The summed E-state index contributed by atoms with van der Waals surface area (Å²) in [6, 6.07) is 0. The number of aliphatic imine (C=N–C) groups is 1. The second-order valence-electron chi connectivity index (χ2n) is 5.64. The Labute approximate surface area is 148 Å². The van der Waals surface area contributed by atoms with E-state index in [1.165, 1.54) is 10.6 Å². The van der Waals surface area contributed by atoms with Gasteiger partial charge < -0.3 is 15.5 Å². The molecule has 2 heterocycles. The van der Waals surface area contributed by atoms with Gasteiger partial charge in [-0.15, -0.1) is 11.3 Å². The van der Waals surface area contributed by atoms with Crippen LogP contribution in [0.5, 0.6) is 0 Å². The van der Waals surface area contributed by atoms with Crippen molar-refractivity contribution in [3.63, 3.8) is 0 Å². The van der Waals surface area contributed by atoms with Crippen LogP contribution in [0.3, 0.4) is 0 Å². The standard InChI is InChI=1S/C14H26N6O2S2/c1-3-20(24(2,21)22)7-4-5-16-13(15)18-8-10-19(11-9-18)14-17-6-12-23-14/h6,12H,3-5,7-11H2,1-2H3,(H2,15,16). The monoisotopic (exact) mass is 374 g/mol. The lowest BCUT2D eigenvalue weighted by molar-refractivity contribution is 0.379. The topological polar surface area (TPSA) is 95.1 Å². The quantitative estimate of drug-likeness (QED) is 0.418. The smallest absolute Gasteiger partial charge is 0.211 e. The summed E-state index contributed by atoms with van der Waals surface area (Å²) in [5.41, 5.74) is 6.06. The van der Waals surface area contributed by atoms with Crippen molar-refractivity contribution in [3.8, 4) is 0 Å². The molecule has 0 bridgehead atoms. The molecule has 136 valence electrons. The van der Waals surface area contributed by atoms with Crippen molar-refractivity contribution in [1.82, 2.24) is 14.2 Å². The van der Waals surface area contributed by atoms with Crippen LogP contribution in [0.15, 0.2) is 16.6 Å². The van der Waals surface area contributed by atoms with Gasteiger partial charge in [-0.3, -0.25) is 4.99 Å². The molecule has 24 heavy (non-hydrogen) atoms. The van der Waals surface area contributed by atoms with Crippen LogP contribution in [-0.4, -0.2) is 80.6 Å². The summed E-state index contributed by atoms with van der Waals surface area (Å²) in [4.78, 5) is 13.0. The van der Waals surface area contributed by atoms with Crippen molar-refractivity contribution < 1.29 is 8.42 Å². The van der Waals surface area contributed by atoms with Crippen LogP contribution in [0.25, 0.3) is 0 Å². The molecule has 0 aromatic carbocycles. The zero-order chi connectivity index (χ0) is 17.6. The fourth-order valence-corrected chi connectivity index (χ4v) is 4.22. The minimum atomic E-state index is -3.13. The van der Waals surface area contributed by atoms with Crippen LogP contribution in [0.1, 0.15) is 13.3 Å². The van der Waals surface area contributed by atoms with Crippen LogP contribution >= 0.6 is 11.3 Å². The van der Waals surface area contributed by atoms with E-state index < -0.39 is 10.0 Å². The number of sulfonamides is 1. The van der Waals surface area contributed by atoms with Gasteiger partial charge in [0.2, 0.25) is 10.0 Å². The zero-order valence-corrected chi connectivity index (χ0v) is 15.9. The summed E-state index contributed by atoms with van der Waals surface area (Å²) in [6.45, 7) is 6.72. The largest absolute Gasteiger partial charge is 0.370 e. The van der Waals surface area contributed by atoms with Crippen molar-refractivity contribution in [2.45, 2.75) is 13.3 Å². The molecular weight excluding hydrogens is 348 g/mol. The van der Waals surface area contributed by atoms with E-state index in [0.717, 1.165) is 31.3 Å². The summed E-state index contributed by atoms with van der Waals surface area (Å²) in [7, 11) is -3.13. The molecule has 1 saturated heterocycles. The molecule has 8 nitrogen and oxygen atoms in total. The maximum atomic E-state index is 11.5. The number of rotatable bonds is 7. The molecule has 1 aliphatic rings. The van der Waals surface area contributed by atoms with Gasteiger partial charge in [-0.25, -0.2) is 17.7 Å². The minimum Gasteiger partial charge on any atom is -0.370 e. The molecule has 0 aliphatic carbocycles. The van der Waals surface area contributed by atoms with Crippen molar-refractivity contribution in [1.29, 1.82) is 0 Å². The van der Waals surface area contributed by atoms with Gasteiger partial charge in [0.05, 0.1) is 6.26 Å². The fraction of sp³-hybridized carbons (Fsp3) is 0.714. The predicted molar refractivity (Wildman–Crippen MR) is 99.1 cm³/mol. The first-order valence-electron chi connectivity index (χ1n) is 8.06. The highest BCUT2D eigenvalue weighted by Crippen LogP contribution is 2.18. The van der Waals surface area contributed by atoms with Gasteiger partial charge in [0.15, 0.2) is 11.1 Å². The van der Waals surface area contributed by atoms with Gasteiger partial charge >= 0.3 is 0 Å². The molecule has 2 N–H and O–H groups in total. The lowest BCUT2D eigenvalue weighted by Crippen LogP contribution is -2.51. The number of hydrogen-bond donors (Lipinski definition) is 1. The number of nitrogens with two attached hydrogens (primary N) is 1. The average Bonchev–Trinajstić information content (AvgIpc) is 3.08. The molecule has 0 unspecified atom stereocenters. The van der Waals surface area contributed by atoms with E-state index in [4.69, 9.17) is 5.73 Å². The first-order valence-corrected chi connectivity index (χ1v) is 10.8. The molecule has 0 spiro atoms. The average molecular weight is 375 g/mol. The van der Waals surface area contributed by atoms with E-state index in [1.807, 2.05) is 18.5 Å². The van der Waals surface area contributed by atoms with E-state index in [0.29, 0.717) is 32.0 Å². The maximum Gasteiger partial charge on any atom is 0.211 e. The SMILES string of the molecule is CCN(CCCN=C(N)N1CCN(c2nccs2)CC1)S(C)(=O)=O. The first kappa shape index (κ1) is 18.9. The lowest BCUT2D eigenvalue weighted by Gasteiger charge is -2.35. The van der Waals surface area contributed by atoms with Gasteiger partial charge in [0.1, 0.15) is 0 Å². The van der Waals surface area contributed by atoms with Crippen LogP contribution in [0.2, 0.25) is 0 Å². The number of hydrogen-bond acceptors (Lipinski definition) is 6. The van der Waals surface area contributed by atoms with Crippen molar-refractivity contribution in [2.24, 2.45) is 10.7 Å². The maximum absolute atomic E-state index is 11.5. The van der Waals surface area contributed by atoms with E-state index in [-0.39, 0.29) is 0 Å². The minimum absolute atomic E-state index is 0.476. The number of piperazine rings is 1. The number of aromatic nitrogens is 1. The Morgan fingerprint density at radius 3 is 2.67 bits per heavy atom. The van der Waals surface area contributed by atoms with E-state index in [9.17, 15) is 8.42 Å². The molecular formula is C14H26N6O2S2. The Morgan fingerprint density at radius 2 is 2.12 bits per heavy atom. The summed E-state index contributed by atoms with van der Waals surface area (Å²) >= 11 is 1.64. The Balaban J connectivity index is 1.74. The third kappa shape index (κ3) is 5.32. The molecule has 10 heteroatoms. The summed E-state index contributed by atoms with van der Waals surface area (Å²) < 4.78 is 24.5. The normalized spacial score (nSPS) is 16.9. The van der Waals surface area contributed by atoms with Gasteiger partial charge in [0, 0.05) is 57.4 Å². The Hall–Kier alpha value is -1.39. The Bertz CT molecular complexity index is 624. The highest BCUT2D eigenvalue weighted by molar-refractivity contribution is 7.88. The number of anilines is 1. The fourth-order valence-electron chi connectivity index (χ4n) is 2.60. The highest BCUT2D eigenvalue weighted by atomic mass is 32.2. The third-order valence-electron chi connectivity index (χ3n) is 3.95. The van der Waals surface area contributed by atoms with E-state index in [1.54, 1.807) is 11.3 Å². The molecule has 0 radical (unpaired) electrons. The second kappa shape index (κ2) is 8.63.